The van der Waals surface area contributed by atoms with Crippen LogP contribution >= 0.6 is 0 Å². The molecule has 1 aliphatic heterocycles. The molecule has 3 rings (SSSR count). The van der Waals surface area contributed by atoms with E-state index in [9.17, 15) is 13.2 Å². The molecule has 138 valence electrons. The lowest BCUT2D eigenvalue weighted by atomic mass is 9.85. The summed E-state index contributed by atoms with van der Waals surface area (Å²) in [5, 5.41) is 6.38. The normalized spacial score (nSPS) is 26.0. The minimum absolute atomic E-state index is 0.0467. The fraction of sp³-hybridized carbons (Fsp3) is 0.611. The highest BCUT2D eigenvalue weighted by Gasteiger charge is 2.37. The van der Waals surface area contributed by atoms with E-state index in [0.29, 0.717) is 30.9 Å². The Hall–Kier alpha value is -1.60. The van der Waals surface area contributed by atoms with Crippen LogP contribution in [0.4, 0.5) is 0 Å². The molecule has 2 aliphatic rings. The molecule has 0 aromatic heterocycles. The third-order valence-electron chi connectivity index (χ3n) is 5.10. The summed E-state index contributed by atoms with van der Waals surface area (Å²) in [5.74, 6) is 1.28. The number of benzene rings is 1. The molecule has 3 unspecified atom stereocenters. The van der Waals surface area contributed by atoms with E-state index in [1.807, 2.05) is 0 Å². The van der Waals surface area contributed by atoms with E-state index in [2.05, 4.69) is 10.6 Å². The highest BCUT2D eigenvalue weighted by molar-refractivity contribution is 7.90. The molecule has 25 heavy (non-hydrogen) atoms. The van der Waals surface area contributed by atoms with E-state index < -0.39 is 9.84 Å². The van der Waals surface area contributed by atoms with Crippen LogP contribution in [-0.2, 0) is 14.6 Å². The summed E-state index contributed by atoms with van der Waals surface area (Å²) in [7, 11) is -3.19. The molecule has 2 fully saturated rings. The van der Waals surface area contributed by atoms with Gasteiger partial charge in [0.15, 0.2) is 9.84 Å². The van der Waals surface area contributed by atoms with Crippen LogP contribution in [-0.4, -0.2) is 45.8 Å². The number of sulfone groups is 1. The molecule has 1 aliphatic carbocycles. The molecular formula is C18H26N2O4S. The monoisotopic (exact) mass is 366 g/mol. The molecule has 7 heteroatoms. The molecular weight excluding hydrogens is 340 g/mol. The molecule has 2 N–H and O–H groups in total. The smallest absolute Gasteiger partial charge is 0.237 e. The summed E-state index contributed by atoms with van der Waals surface area (Å²) in [5.41, 5.74) is 0. The Morgan fingerprint density at radius 2 is 1.96 bits per heavy atom. The summed E-state index contributed by atoms with van der Waals surface area (Å²) in [4.78, 5) is 12.5. The minimum atomic E-state index is -3.19. The average Bonchev–Trinajstić information content (AvgIpc) is 3.02. The first-order valence-electron chi connectivity index (χ1n) is 8.90. The van der Waals surface area contributed by atoms with Gasteiger partial charge in [0.2, 0.25) is 5.91 Å². The highest BCUT2D eigenvalue weighted by Crippen LogP contribution is 2.33. The van der Waals surface area contributed by atoms with E-state index >= 15 is 0 Å². The van der Waals surface area contributed by atoms with Gasteiger partial charge in [0, 0.05) is 12.3 Å². The second-order valence-electron chi connectivity index (χ2n) is 6.99. The first-order chi connectivity index (χ1) is 11.9. The van der Waals surface area contributed by atoms with Crippen molar-refractivity contribution in [2.24, 2.45) is 5.92 Å². The van der Waals surface area contributed by atoms with Crippen LogP contribution in [0.2, 0.25) is 0 Å². The van der Waals surface area contributed by atoms with Gasteiger partial charge in [-0.3, -0.25) is 4.79 Å². The lowest BCUT2D eigenvalue weighted by Gasteiger charge is -2.24. The van der Waals surface area contributed by atoms with Gasteiger partial charge in [0.1, 0.15) is 12.4 Å². The van der Waals surface area contributed by atoms with E-state index in [1.54, 1.807) is 12.1 Å². The number of amides is 1. The maximum absolute atomic E-state index is 12.3. The van der Waals surface area contributed by atoms with E-state index in [-0.39, 0.29) is 16.8 Å². The second-order valence-corrected chi connectivity index (χ2v) is 9.00. The number of rotatable bonds is 6. The van der Waals surface area contributed by atoms with Gasteiger partial charge >= 0.3 is 0 Å². The average molecular weight is 366 g/mol. The Bertz CT molecular complexity index is 688. The standard InChI is InChI=1S/C18H26N2O4S/c1-25(22,23)15-8-6-14(7-9-15)24-11-10-19-18(21)17-12-13-4-2-3-5-16(13)20-17/h6-9,13,16-17,20H,2-5,10-12H2,1H3,(H,19,21). The fourth-order valence-corrected chi connectivity index (χ4v) is 4.40. The van der Waals surface area contributed by atoms with Gasteiger partial charge in [-0.05, 0) is 49.4 Å². The summed E-state index contributed by atoms with van der Waals surface area (Å²) >= 11 is 0. The minimum Gasteiger partial charge on any atom is -0.492 e. The number of hydrogen-bond donors (Lipinski definition) is 2. The molecule has 1 aromatic rings. The Labute approximate surface area is 149 Å². The van der Waals surface area contributed by atoms with Gasteiger partial charge < -0.3 is 15.4 Å². The van der Waals surface area contributed by atoms with E-state index in [1.165, 1.54) is 44.1 Å². The lowest BCUT2D eigenvalue weighted by molar-refractivity contribution is -0.123. The topological polar surface area (TPSA) is 84.5 Å². The quantitative estimate of drug-likeness (QED) is 0.746. The van der Waals surface area contributed by atoms with Crippen molar-refractivity contribution in [2.45, 2.75) is 49.1 Å². The Kier molecular flexibility index (Phi) is 5.64. The van der Waals surface area contributed by atoms with Gasteiger partial charge in [-0.1, -0.05) is 12.8 Å². The molecule has 0 bridgehead atoms. The van der Waals surface area contributed by atoms with Crippen molar-refractivity contribution >= 4 is 15.7 Å². The fourth-order valence-electron chi connectivity index (χ4n) is 3.77. The maximum atomic E-state index is 12.3. The molecule has 0 radical (unpaired) electrons. The van der Waals surface area contributed by atoms with Crippen molar-refractivity contribution in [3.63, 3.8) is 0 Å². The Balaban J connectivity index is 1.39. The maximum Gasteiger partial charge on any atom is 0.237 e. The van der Waals surface area contributed by atoms with Crippen molar-refractivity contribution in [1.82, 2.24) is 10.6 Å². The number of fused-ring (bicyclic) bond motifs is 1. The molecule has 6 nitrogen and oxygen atoms in total. The van der Waals surface area contributed by atoms with Crippen LogP contribution in [0.5, 0.6) is 5.75 Å². The van der Waals surface area contributed by atoms with Gasteiger partial charge in [0.25, 0.3) is 0 Å². The number of carbonyl (C=O) groups excluding carboxylic acids is 1. The molecule has 1 aromatic carbocycles. The third kappa shape index (κ3) is 4.73. The van der Waals surface area contributed by atoms with Crippen LogP contribution in [0.3, 0.4) is 0 Å². The van der Waals surface area contributed by atoms with Crippen LogP contribution < -0.4 is 15.4 Å². The van der Waals surface area contributed by atoms with Gasteiger partial charge in [-0.15, -0.1) is 0 Å². The van der Waals surface area contributed by atoms with Crippen LogP contribution in [0.1, 0.15) is 32.1 Å². The lowest BCUT2D eigenvalue weighted by Crippen LogP contribution is -2.44. The molecule has 1 heterocycles. The first kappa shape index (κ1) is 18.2. The first-order valence-corrected chi connectivity index (χ1v) is 10.8. The number of carbonyl (C=O) groups is 1. The summed E-state index contributed by atoms with van der Waals surface area (Å²) in [6, 6.07) is 6.72. The van der Waals surface area contributed by atoms with Gasteiger partial charge in [-0.25, -0.2) is 8.42 Å². The zero-order chi connectivity index (χ0) is 17.9. The van der Waals surface area contributed by atoms with Crippen LogP contribution in [0.25, 0.3) is 0 Å². The molecule has 1 amide bonds. The van der Waals surface area contributed by atoms with Crippen LogP contribution in [0, 0.1) is 5.92 Å². The molecule has 1 saturated carbocycles. The zero-order valence-electron chi connectivity index (χ0n) is 14.5. The van der Waals surface area contributed by atoms with E-state index in [4.69, 9.17) is 4.74 Å². The predicted molar refractivity (Wildman–Crippen MR) is 95.3 cm³/mol. The van der Waals surface area contributed by atoms with Crippen molar-refractivity contribution in [1.29, 1.82) is 0 Å². The Morgan fingerprint density at radius 1 is 1.24 bits per heavy atom. The van der Waals surface area contributed by atoms with Crippen molar-refractivity contribution < 1.29 is 17.9 Å². The zero-order valence-corrected chi connectivity index (χ0v) is 15.3. The number of ether oxygens (including phenoxy) is 1. The molecule has 1 saturated heterocycles. The van der Waals surface area contributed by atoms with Crippen molar-refractivity contribution in [3.8, 4) is 5.75 Å². The Morgan fingerprint density at radius 3 is 2.64 bits per heavy atom. The highest BCUT2D eigenvalue weighted by atomic mass is 32.2. The van der Waals surface area contributed by atoms with Gasteiger partial charge in [-0.2, -0.15) is 0 Å². The van der Waals surface area contributed by atoms with E-state index in [0.717, 1.165) is 6.42 Å². The summed E-state index contributed by atoms with van der Waals surface area (Å²) in [6.45, 7) is 0.781. The van der Waals surface area contributed by atoms with Crippen LogP contribution in [0.15, 0.2) is 29.2 Å². The second kappa shape index (κ2) is 7.74. The number of hydrogen-bond acceptors (Lipinski definition) is 5. The summed E-state index contributed by atoms with van der Waals surface area (Å²) in [6.07, 6.45) is 7.06. The molecule has 0 spiro atoms. The summed E-state index contributed by atoms with van der Waals surface area (Å²) < 4.78 is 28.4. The largest absolute Gasteiger partial charge is 0.492 e. The van der Waals surface area contributed by atoms with Crippen molar-refractivity contribution in [3.05, 3.63) is 24.3 Å². The third-order valence-corrected chi connectivity index (χ3v) is 6.23. The van der Waals surface area contributed by atoms with Crippen molar-refractivity contribution in [2.75, 3.05) is 19.4 Å². The number of nitrogens with one attached hydrogen (secondary N) is 2. The van der Waals surface area contributed by atoms with Gasteiger partial charge in [0.05, 0.1) is 17.5 Å². The predicted octanol–water partition coefficient (Wildman–Crippen LogP) is 1.51. The SMILES string of the molecule is CS(=O)(=O)c1ccc(OCCNC(=O)C2CC3CCCCC3N2)cc1. The molecule has 3 atom stereocenters.